The Morgan fingerprint density at radius 2 is 2.27 bits per heavy atom. The Morgan fingerprint density at radius 3 is 3.00 bits per heavy atom. The van der Waals surface area contributed by atoms with Crippen molar-refractivity contribution in [1.29, 1.82) is 0 Å². The first-order valence-corrected chi connectivity index (χ1v) is 5.26. The molecule has 1 atom stereocenters. The number of halogens is 1. The fourth-order valence-electron chi connectivity index (χ4n) is 1.45. The molecular formula is C8H14BrNO. The van der Waals surface area contributed by atoms with Crippen LogP contribution in [-0.4, -0.2) is 24.2 Å². The molecule has 1 unspecified atom stereocenters. The molecule has 1 saturated heterocycles. The SMILES string of the molecule is O=C(CBr)C1CCCNCC1. The summed E-state index contributed by atoms with van der Waals surface area (Å²) in [4.78, 5) is 11.2. The topological polar surface area (TPSA) is 29.1 Å². The van der Waals surface area contributed by atoms with Crippen LogP contribution >= 0.6 is 15.9 Å². The third-order valence-corrected chi connectivity index (χ3v) is 2.72. The average molecular weight is 220 g/mol. The Hall–Kier alpha value is 0.110. The van der Waals surface area contributed by atoms with E-state index in [1.165, 1.54) is 0 Å². The normalized spacial score (nSPS) is 26.1. The molecule has 0 aromatic heterocycles. The zero-order valence-corrected chi connectivity index (χ0v) is 8.19. The van der Waals surface area contributed by atoms with E-state index < -0.39 is 0 Å². The molecule has 1 N–H and O–H groups in total. The Labute approximate surface area is 75.9 Å². The molecule has 64 valence electrons. The number of rotatable bonds is 2. The van der Waals surface area contributed by atoms with Gasteiger partial charge in [-0.3, -0.25) is 4.79 Å². The van der Waals surface area contributed by atoms with E-state index in [4.69, 9.17) is 0 Å². The molecule has 0 aromatic carbocycles. The highest BCUT2D eigenvalue weighted by molar-refractivity contribution is 9.09. The summed E-state index contributed by atoms with van der Waals surface area (Å²) in [5, 5.41) is 3.81. The molecule has 0 radical (unpaired) electrons. The molecule has 1 aliphatic rings. The Morgan fingerprint density at radius 1 is 1.45 bits per heavy atom. The van der Waals surface area contributed by atoms with Crippen molar-refractivity contribution in [2.75, 3.05) is 18.4 Å². The van der Waals surface area contributed by atoms with Gasteiger partial charge < -0.3 is 5.32 Å². The first-order valence-electron chi connectivity index (χ1n) is 4.14. The lowest BCUT2D eigenvalue weighted by Crippen LogP contribution is -2.18. The Bertz CT molecular complexity index is 130. The quantitative estimate of drug-likeness (QED) is 0.711. The van der Waals surface area contributed by atoms with E-state index in [9.17, 15) is 4.79 Å². The van der Waals surface area contributed by atoms with Gasteiger partial charge in [-0.1, -0.05) is 15.9 Å². The summed E-state index contributed by atoms with van der Waals surface area (Å²) in [6.07, 6.45) is 3.23. The summed E-state index contributed by atoms with van der Waals surface area (Å²) < 4.78 is 0. The molecule has 11 heavy (non-hydrogen) atoms. The zero-order valence-electron chi connectivity index (χ0n) is 6.61. The van der Waals surface area contributed by atoms with Crippen LogP contribution in [0.4, 0.5) is 0 Å². The summed E-state index contributed by atoms with van der Waals surface area (Å²) in [7, 11) is 0. The fraction of sp³-hybridized carbons (Fsp3) is 0.875. The monoisotopic (exact) mass is 219 g/mol. The summed E-state index contributed by atoms with van der Waals surface area (Å²) in [5.41, 5.74) is 0. The van der Waals surface area contributed by atoms with Crippen LogP contribution in [0.15, 0.2) is 0 Å². The van der Waals surface area contributed by atoms with Gasteiger partial charge in [0.15, 0.2) is 0 Å². The minimum atomic E-state index is 0.310. The second-order valence-corrected chi connectivity index (χ2v) is 3.54. The van der Waals surface area contributed by atoms with E-state index in [0.29, 0.717) is 17.0 Å². The standard InChI is InChI=1S/C8H14BrNO/c9-6-8(11)7-2-1-4-10-5-3-7/h7,10H,1-6H2. The zero-order chi connectivity index (χ0) is 8.10. The van der Waals surface area contributed by atoms with Gasteiger partial charge in [-0.25, -0.2) is 0 Å². The van der Waals surface area contributed by atoms with Crippen molar-refractivity contribution in [3.05, 3.63) is 0 Å². The second-order valence-electron chi connectivity index (χ2n) is 2.98. The molecule has 1 fully saturated rings. The van der Waals surface area contributed by atoms with Crippen molar-refractivity contribution in [2.45, 2.75) is 19.3 Å². The maximum absolute atomic E-state index is 11.2. The van der Waals surface area contributed by atoms with E-state index >= 15 is 0 Å². The van der Waals surface area contributed by atoms with Gasteiger partial charge in [0.1, 0.15) is 5.78 Å². The van der Waals surface area contributed by atoms with Crippen molar-refractivity contribution in [3.63, 3.8) is 0 Å². The van der Waals surface area contributed by atoms with Gasteiger partial charge in [-0.05, 0) is 32.4 Å². The average Bonchev–Trinajstić information content (AvgIpc) is 2.30. The molecule has 1 aliphatic heterocycles. The largest absolute Gasteiger partial charge is 0.317 e. The van der Waals surface area contributed by atoms with E-state index in [1.807, 2.05) is 0 Å². The van der Waals surface area contributed by atoms with Gasteiger partial charge in [0, 0.05) is 5.92 Å². The molecule has 3 heteroatoms. The third-order valence-electron chi connectivity index (χ3n) is 2.16. The van der Waals surface area contributed by atoms with Crippen LogP contribution in [0.5, 0.6) is 0 Å². The molecule has 0 amide bonds. The maximum atomic E-state index is 11.2. The lowest BCUT2D eigenvalue weighted by molar-refractivity contribution is -0.120. The van der Waals surface area contributed by atoms with Crippen molar-refractivity contribution in [1.82, 2.24) is 5.32 Å². The van der Waals surface area contributed by atoms with Crippen molar-refractivity contribution in [3.8, 4) is 0 Å². The van der Waals surface area contributed by atoms with Gasteiger partial charge in [0.05, 0.1) is 5.33 Å². The Kier molecular flexibility index (Phi) is 4.08. The van der Waals surface area contributed by atoms with Crippen molar-refractivity contribution < 1.29 is 4.79 Å². The van der Waals surface area contributed by atoms with Gasteiger partial charge >= 0.3 is 0 Å². The number of nitrogens with one attached hydrogen (secondary N) is 1. The lowest BCUT2D eigenvalue weighted by Gasteiger charge is -2.09. The number of Topliss-reactive ketones (excluding diaryl/α,β-unsaturated/α-hetero) is 1. The molecule has 0 aliphatic carbocycles. The van der Waals surface area contributed by atoms with Crippen LogP contribution < -0.4 is 5.32 Å². The highest BCUT2D eigenvalue weighted by Crippen LogP contribution is 2.15. The van der Waals surface area contributed by atoms with E-state index in [-0.39, 0.29) is 0 Å². The number of carbonyl (C=O) groups excluding carboxylic acids is 1. The first kappa shape index (κ1) is 9.20. The predicted octanol–water partition coefficient (Wildman–Crippen LogP) is 1.34. The fourth-order valence-corrected chi connectivity index (χ4v) is 1.91. The summed E-state index contributed by atoms with van der Waals surface area (Å²) >= 11 is 3.21. The van der Waals surface area contributed by atoms with Crippen molar-refractivity contribution >= 4 is 21.7 Å². The second kappa shape index (κ2) is 4.88. The molecule has 0 spiro atoms. The summed E-state index contributed by atoms with van der Waals surface area (Å²) in [5.74, 6) is 0.679. The van der Waals surface area contributed by atoms with Crippen LogP contribution in [-0.2, 0) is 4.79 Å². The highest BCUT2D eigenvalue weighted by Gasteiger charge is 2.17. The van der Waals surface area contributed by atoms with Crippen LogP contribution in [0.25, 0.3) is 0 Å². The predicted molar refractivity (Wildman–Crippen MR) is 49.0 cm³/mol. The van der Waals surface area contributed by atoms with E-state index in [0.717, 1.165) is 32.4 Å². The van der Waals surface area contributed by atoms with Gasteiger partial charge in [-0.15, -0.1) is 0 Å². The van der Waals surface area contributed by atoms with Crippen LogP contribution in [0.2, 0.25) is 0 Å². The minimum Gasteiger partial charge on any atom is -0.317 e. The molecule has 0 aromatic rings. The maximum Gasteiger partial charge on any atom is 0.146 e. The third kappa shape index (κ3) is 2.91. The van der Waals surface area contributed by atoms with Gasteiger partial charge in [0.2, 0.25) is 0 Å². The molecular weight excluding hydrogens is 206 g/mol. The molecule has 1 heterocycles. The summed E-state index contributed by atoms with van der Waals surface area (Å²) in [6, 6.07) is 0. The lowest BCUT2D eigenvalue weighted by atomic mass is 9.97. The highest BCUT2D eigenvalue weighted by atomic mass is 79.9. The van der Waals surface area contributed by atoms with Crippen molar-refractivity contribution in [2.24, 2.45) is 5.92 Å². The summed E-state index contributed by atoms with van der Waals surface area (Å²) in [6.45, 7) is 2.08. The smallest absolute Gasteiger partial charge is 0.146 e. The number of carbonyl (C=O) groups is 1. The van der Waals surface area contributed by atoms with Crippen LogP contribution in [0, 0.1) is 5.92 Å². The van der Waals surface area contributed by atoms with E-state index in [1.54, 1.807) is 0 Å². The molecule has 0 saturated carbocycles. The number of hydrogen-bond donors (Lipinski definition) is 1. The number of ketones is 1. The Balaban J connectivity index is 2.36. The molecule has 1 rings (SSSR count). The number of alkyl halides is 1. The molecule has 0 bridgehead atoms. The minimum absolute atomic E-state index is 0.310. The van der Waals surface area contributed by atoms with Crippen LogP contribution in [0.3, 0.4) is 0 Å². The van der Waals surface area contributed by atoms with Crippen LogP contribution in [0.1, 0.15) is 19.3 Å². The number of hydrogen-bond acceptors (Lipinski definition) is 2. The van der Waals surface area contributed by atoms with Gasteiger partial charge in [0.25, 0.3) is 0 Å². The first-order chi connectivity index (χ1) is 5.34. The van der Waals surface area contributed by atoms with E-state index in [2.05, 4.69) is 21.2 Å². The molecule has 2 nitrogen and oxygen atoms in total. The van der Waals surface area contributed by atoms with Gasteiger partial charge in [-0.2, -0.15) is 0 Å².